The third-order valence-electron chi connectivity index (χ3n) is 4.69. The molecule has 1 atom stereocenters. The molecule has 29 heavy (non-hydrogen) atoms. The number of carbonyl (C=O) groups excluding carboxylic acids is 4. The molecular weight excluding hydrogens is 372 g/mol. The standard InChI is InChI=1S/C22H22N2O5/c1-14-4-3-5-19(10-14)24-12-17(11-21(24)27)22(28)29-13-20(26)23-18-8-6-16(7-9-18)15(2)25/h3-10,17H,11-13H2,1-2H3,(H,23,26)/t17-/m0/s1. The van der Waals surface area contributed by atoms with E-state index >= 15 is 0 Å². The molecule has 0 radical (unpaired) electrons. The van der Waals surface area contributed by atoms with Crippen molar-refractivity contribution in [3.63, 3.8) is 0 Å². The first-order chi connectivity index (χ1) is 13.8. The Morgan fingerprint density at radius 2 is 1.86 bits per heavy atom. The van der Waals surface area contributed by atoms with Crippen molar-refractivity contribution >= 4 is 34.9 Å². The van der Waals surface area contributed by atoms with Gasteiger partial charge in [0.15, 0.2) is 12.4 Å². The van der Waals surface area contributed by atoms with Crippen molar-refractivity contribution in [2.45, 2.75) is 20.3 Å². The number of esters is 1. The van der Waals surface area contributed by atoms with Crippen LogP contribution in [0.2, 0.25) is 0 Å². The van der Waals surface area contributed by atoms with Crippen molar-refractivity contribution in [1.29, 1.82) is 0 Å². The van der Waals surface area contributed by atoms with Crippen molar-refractivity contribution in [2.24, 2.45) is 5.92 Å². The van der Waals surface area contributed by atoms with Gasteiger partial charge in [-0.05, 0) is 55.8 Å². The Labute approximate surface area is 168 Å². The number of aryl methyl sites for hydroxylation is 1. The molecule has 1 saturated heterocycles. The minimum absolute atomic E-state index is 0.0565. The lowest BCUT2D eigenvalue weighted by Crippen LogP contribution is -2.28. The summed E-state index contributed by atoms with van der Waals surface area (Å²) in [6.07, 6.45) is 0.0565. The first-order valence-electron chi connectivity index (χ1n) is 9.28. The number of ether oxygens (including phenoxy) is 1. The van der Waals surface area contributed by atoms with Crippen LogP contribution in [-0.4, -0.2) is 36.7 Å². The van der Waals surface area contributed by atoms with Crippen LogP contribution < -0.4 is 10.2 Å². The molecule has 0 saturated carbocycles. The van der Waals surface area contributed by atoms with E-state index in [-0.39, 0.29) is 24.7 Å². The molecule has 3 rings (SSSR count). The summed E-state index contributed by atoms with van der Waals surface area (Å²) < 4.78 is 5.09. The molecule has 1 N–H and O–H groups in total. The highest BCUT2D eigenvalue weighted by Crippen LogP contribution is 2.26. The monoisotopic (exact) mass is 394 g/mol. The first-order valence-corrected chi connectivity index (χ1v) is 9.28. The number of carbonyl (C=O) groups is 4. The second kappa shape index (κ2) is 8.68. The molecule has 0 bridgehead atoms. The molecule has 2 aromatic carbocycles. The van der Waals surface area contributed by atoms with Crippen LogP contribution in [0.1, 0.15) is 29.3 Å². The van der Waals surface area contributed by atoms with Gasteiger partial charge in [0.1, 0.15) is 0 Å². The molecule has 150 valence electrons. The van der Waals surface area contributed by atoms with Gasteiger partial charge >= 0.3 is 5.97 Å². The number of Topliss-reactive ketones (excluding diaryl/α,β-unsaturated/α-hetero) is 1. The van der Waals surface area contributed by atoms with E-state index in [4.69, 9.17) is 4.74 Å². The van der Waals surface area contributed by atoms with E-state index in [1.165, 1.54) is 6.92 Å². The molecule has 0 unspecified atom stereocenters. The minimum atomic E-state index is -0.606. The second-order valence-corrected chi connectivity index (χ2v) is 7.03. The van der Waals surface area contributed by atoms with E-state index < -0.39 is 24.4 Å². The molecular formula is C22H22N2O5. The van der Waals surface area contributed by atoms with Crippen LogP contribution in [0.4, 0.5) is 11.4 Å². The van der Waals surface area contributed by atoms with Gasteiger partial charge in [0.05, 0.1) is 5.92 Å². The number of nitrogens with one attached hydrogen (secondary N) is 1. The van der Waals surface area contributed by atoms with Crippen molar-refractivity contribution in [2.75, 3.05) is 23.4 Å². The van der Waals surface area contributed by atoms with Crippen molar-refractivity contribution < 1.29 is 23.9 Å². The summed E-state index contributed by atoms with van der Waals surface area (Å²) in [5.41, 5.74) is 2.81. The molecule has 7 nitrogen and oxygen atoms in total. The van der Waals surface area contributed by atoms with Crippen LogP contribution in [0.25, 0.3) is 0 Å². The van der Waals surface area contributed by atoms with Crippen LogP contribution in [0.3, 0.4) is 0 Å². The van der Waals surface area contributed by atoms with E-state index in [1.807, 2.05) is 31.2 Å². The maximum absolute atomic E-state index is 12.3. The zero-order valence-corrected chi connectivity index (χ0v) is 16.3. The Hall–Kier alpha value is -3.48. The van der Waals surface area contributed by atoms with Crippen molar-refractivity contribution in [3.8, 4) is 0 Å². The van der Waals surface area contributed by atoms with E-state index in [1.54, 1.807) is 29.2 Å². The van der Waals surface area contributed by atoms with Crippen LogP contribution in [0, 0.1) is 12.8 Å². The summed E-state index contributed by atoms with van der Waals surface area (Å²) in [7, 11) is 0. The van der Waals surface area contributed by atoms with Crippen LogP contribution >= 0.6 is 0 Å². The number of anilines is 2. The van der Waals surface area contributed by atoms with Crippen LogP contribution in [0.15, 0.2) is 48.5 Å². The number of ketones is 1. The molecule has 1 aliphatic heterocycles. The number of nitrogens with zero attached hydrogens (tertiary/aromatic N) is 1. The van der Waals surface area contributed by atoms with Gasteiger partial charge in [0.25, 0.3) is 5.91 Å². The quantitative estimate of drug-likeness (QED) is 0.601. The average Bonchev–Trinajstić information content (AvgIpc) is 3.08. The van der Waals surface area contributed by atoms with E-state index in [0.29, 0.717) is 11.3 Å². The van der Waals surface area contributed by atoms with Gasteiger partial charge in [0.2, 0.25) is 5.91 Å². The lowest BCUT2D eigenvalue weighted by atomic mass is 10.1. The number of amides is 2. The minimum Gasteiger partial charge on any atom is -0.455 e. The summed E-state index contributed by atoms with van der Waals surface area (Å²) in [6.45, 7) is 3.18. The highest BCUT2D eigenvalue weighted by Gasteiger charge is 2.36. The van der Waals surface area contributed by atoms with Crippen molar-refractivity contribution in [1.82, 2.24) is 0 Å². The van der Waals surface area contributed by atoms with Gasteiger partial charge < -0.3 is 15.0 Å². The summed E-state index contributed by atoms with van der Waals surface area (Å²) in [4.78, 5) is 49.4. The van der Waals surface area contributed by atoms with Gasteiger partial charge in [-0.3, -0.25) is 19.2 Å². The molecule has 2 amide bonds. The lowest BCUT2D eigenvalue weighted by molar-refractivity contribution is -0.151. The Bertz CT molecular complexity index is 952. The number of rotatable bonds is 6. The molecule has 7 heteroatoms. The maximum Gasteiger partial charge on any atom is 0.311 e. The zero-order valence-electron chi connectivity index (χ0n) is 16.3. The number of hydrogen-bond acceptors (Lipinski definition) is 5. The topological polar surface area (TPSA) is 92.8 Å². The fourth-order valence-corrected chi connectivity index (χ4v) is 3.15. The molecule has 0 aromatic heterocycles. The second-order valence-electron chi connectivity index (χ2n) is 7.03. The average molecular weight is 394 g/mol. The van der Waals surface area contributed by atoms with Crippen LogP contribution in [-0.2, 0) is 19.1 Å². The van der Waals surface area contributed by atoms with E-state index in [9.17, 15) is 19.2 Å². The third-order valence-corrected chi connectivity index (χ3v) is 4.69. The SMILES string of the molecule is CC(=O)c1ccc(NC(=O)COC(=O)[C@H]2CC(=O)N(c3cccc(C)c3)C2)cc1. The Morgan fingerprint density at radius 1 is 1.14 bits per heavy atom. The molecule has 0 spiro atoms. The van der Waals surface area contributed by atoms with E-state index in [2.05, 4.69) is 5.32 Å². The normalized spacial score (nSPS) is 15.9. The fraction of sp³-hybridized carbons (Fsp3) is 0.273. The summed E-state index contributed by atoms with van der Waals surface area (Å²) >= 11 is 0. The Morgan fingerprint density at radius 3 is 2.52 bits per heavy atom. The highest BCUT2D eigenvalue weighted by atomic mass is 16.5. The number of benzene rings is 2. The summed E-state index contributed by atoms with van der Waals surface area (Å²) in [6, 6.07) is 13.9. The molecule has 1 aliphatic rings. The van der Waals surface area contributed by atoms with Crippen molar-refractivity contribution in [3.05, 3.63) is 59.7 Å². The van der Waals surface area contributed by atoms with Crippen LogP contribution in [0.5, 0.6) is 0 Å². The number of hydrogen-bond donors (Lipinski definition) is 1. The van der Waals surface area contributed by atoms with Gasteiger partial charge in [-0.15, -0.1) is 0 Å². The molecule has 2 aromatic rings. The van der Waals surface area contributed by atoms with Gasteiger partial charge in [-0.2, -0.15) is 0 Å². The third kappa shape index (κ3) is 5.07. The predicted molar refractivity (Wildman–Crippen MR) is 108 cm³/mol. The molecule has 1 fully saturated rings. The Kier molecular flexibility index (Phi) is 6.07. The van der Waals surface area contributed by atoms with Gasteiger partial charge in [-0.1, -0.05) is 12.1 Å². The summed E-state index contributed by atoms with van der Waals surface area (Å²) in [5, 5.41) is 2.60. The van der Waals surface area contributed by atoms with Gasteiger partial charge in [-0.25, -0.2) is 0 Å². The fourth-order valence-electron chi connectivity index (χ4n) is 3.15. The Balaban J connectivity index is 1.51. The largest absolute Gasteiger partial charge is 0.455 e. The highest BCUT2D eigenvalue weighted by molar-refractivity contribution is 6.00. The first kappa shape index (κ1) is 20.3. The lowest BCUT2D eigenvalue weighted by Gasteiger charge is -2.17. The smallest absolute Gasteiger partial charge is 0.311 e. The van der Waals surface area contributed by atoms with E-state index in [0.717, 1.165) is 11.3 Å². The van der Waals surface area contributed by atoms with Gasteiger partial charge in [0, 0.05) is 29.9 Å². The molecule has 0 aliphatic carbocycles. The molecule has 1 heterocycles. The zero-order chi connectivity index (χ0) is 21.0. The predicted octanol–water partition coefficient (Wildman–Crippen LogP) is 2.73. The maximum atomic E-state index is 12.3. The summed E-state index contributed by atoms with van der Waals surface area (Å²) in [5.74, 6) is -1.88.